The summed E-state index contributed by atoms with van der Waals surface area (Å²) in [5.74, 6) is 0. The van der Waals surface area contributed by atoms with E-state index in [2.05, 4.69) is 12.0 Å². The van der Waals surface area contributed by atoms with Crippen molar-refractivity contribution >= 4 is 0 Å². The summed E-state index contributed by atoms with van der Waals surface area (Å²) in [5, 5.41) is 2.14. The maximum absolute atomic E-state index is 5.62. The van der Waals surface area contributed by atoms with Crippen molar-refractivity contribution < 1.29 is 4.84 Å². The predicted molar refractivity (Wildman–Crippen MR) is 50.9 cm³/mol. The normalized spacial score (nSPS) is 19.8. The molecule has 12 heavy (non-hydrogen) atoms. The van der Waals surface area contributed by atoms with E-state index in [0.29, 0.717) is 0 Å². The number of unbranched alkanes of at least 4 members (excludes halogenated alkanes) is 2. The maximum Gasteiger partial charge on any atom is 0.0685 e. The highest BCUT2D eigenvalue weighted by Gasteiger charge is 2.09. The molecule has 2 heteroatoms. The van der Waals surface area contributed by atoms with Crippen molar-refractivity contribution in [3.63, 3.8) is 0 Å². The number of piperidine rings is 1. The standard InChI is InChI=1S/C10H21NO/c1-2-3-7-10-12-11-8-5-4-6-9-11/h2-10H2,1H3. The lowest BCUT2D eigenvalue weighted by Gasteiger charge is -2.25. The van der Waals surface area contributed by atoms with Crippen molar-refractivity contribution in [3.05, 3.63) is 0 Å². The number of nitrogens with zero attached hydrogens (tertiary/aromatic N) is 1. The van der Waals surface area contributed by atoms with Crippen molar-refractivity contribution in [2.45, 2.75) is 45.4 Å². The Labute approximate surface area is 75.8 Å². The van der Waals surface area contributed by atoms with Crippen molar-refractivity contribution in [2.75, 3.05) is 19.7 Å². The number of rotatable bonds is 5. The molecule has 0 aromatic carbocycles. The Hall–Kier alpha value is -0.0800. The molecule has 0 amide bonds. The van der Waals surface area contributed by atoms with Crippen LogP contribution in [0.4, 0.5) is 0 Å². The van der Waals surface area contributed by atoms with Crippen LogP contribution in [-0.4, -0.2) is 24.8 Å². The third-order valence-corrected chi connectivity index (χ3v) is 2.34. The molecule has 0 unspecified atom stereocenters. The van der Waals surface area contributed by atoms with Crippen LogP contribution in [-0.2, 0) is 4.84 Å². The molecular weight excluding hydrogens is 150 g/mol. The second kappa shape index (κ2) is 6.44. The fraction of sp³-hybridized carbons (Fsp3) is 1.00. The summed E-state index contributed by atoms with van der Waals surface area (Å²) < 4.78 is 0. The molecule has 0 saturated carbocycles. The van der Waals surface area contributed by atoms with Gasteiger partial charge in [0.15, 0.2) is 0 Å². The molecule has 72 valence electrons. The van der Waals surface area contributed by atoms with E-state index in [1.54, 1.807) is 0 Å². The summed E-state index contributed by atoms with van der Waals surface area (Å²) >= 11 is 0. The average Bonchev–Trinajstić information content (AvgIpc) is 2.14. The quantitative estimate of drug-likeness (QED) is 0.589. The molecule has 0 aliphatic carbocycles. The molecule has 0 aromatic rings. The van der Waals surface area contributed by atoms with Crippen LogP contribution in [0, 0.1) is 0 Å². The maximum atomic E-state index is 5.62. The van der Waals surface area contributed by atoms with Crippen LogP contribution in [0.1, 0.15) is 45.4 Å². The number of hydrogen-bond donors (Lipinski definition) is 0. The third kappa shape index (κ3) is 4.07. The summed E-state index contributed by atoms with van der Waals surface area (Å²) in [5.41, 5.74) is 0. The summed E-state index contributed by atoms with van der Waals surface area (Å²) in [6.45, 7) is 5.44. The zero-order valence-electron chi connectivity index (χ0n) is 8.22. The van der Waals surface area contributed by atoms with Gasteiger partial charge in [0.1, 0.15) is 0 Å². The van der Waals surface area contributed by atoms with Gasteiger partial charge in [-0.25, -0.2) is 0 Å². The lowest BCUT2D eigenvalue weighted by atomic mass is 10.2. The van der Waals surface area contributed by atoms with E-state index in [-0.39, 0.29) is 0 Å². The van der Waals surface area contributed by atoms with Crippen LogP contribution in [0.2, 0.25) is 0 Å². The van der Waals surface area contributed by atoms with E-state index >= 15 is 0 Å². The van der Waals surface area contributed by atoms with Gasteiger partial charge in [-0.15, -0.1) is 0 Å². The van der Waals surface area contributed by atoms with Gasteiger partial charge in [0.05, 0.1) is 6.61 Å². The van der Waals surface area contributed by atoms with Crippen LogP contribution in [0.5, 0.6) is 0 Å². The highest BCUT2D eigenvalue weighted by molar-refractivity contribution is 4.56. The topological polar surface area (TPSA) is 12.5 Å². The molecule has 0 aromatic heterocycles. The smallest absolute Gasteiger partial charge is 0.0685 e. The second-order valence-electron chi connectivity index (χ2n) is 3.53. The zero-order chi connectivity index (χ0) is 8.65. The monoisotopic (exact) mass is 171 g/mol. The second-order valence-corrected chi connectivity index (χ2v) is 3.53. The molecule has 0 bridgehead atoms. The van der Waals surface area contributed by atoms with Gasteiger partial charge < -0.3 is 0 Å². The summed E-state index contributed by atoms with van der Waals surface area (Å²) in [4.78, 5) is 5.62. The van der Waals surface area contributed by atoms with Gasteiger partial charge in [0, 0.05) is 13.1 Å². The van der Waals surface area contributed by atoms with Crippen molar-refractivity contribution in [2.24, 2.45) is 0 Å². The van der Waals surface area contributed by atoms with E-state index in [9.17, 15) is 0 Å². The molecule has 1 heterocycles. The third-order valence-electron chi connectivity index (χ3n) is 2.34. The van der Waals surface area contributed by atoms with Crippen LogP contribution < -0.4 is 0 Å². The molecule has 0 spiro atoms. The first-order valence-electron chi connectivity index (χ1n) is 5.31. The Bertz CT molecular complexity index is 100. The van der Waals surface area contributed by atoms with Gasteiger partial charge in [-0.2, -0.15) is 5.06 Å². The molecule has 1 saturated heterocycles. The molecule has 2 nitrogen and oxygen atoms in total. The average molecular weight is 171 g/mol. The summed E-state index contributed by atoms with van der Waals surface area (Å²) in [6, 6.07) is 0. The van der Waals surface area contributed by atoms with E-state index in [0.717, 1.165) is 19.7 Å². The number of hydrogen-bond acceptors (Lipinski definition) is 2. The molecule has 1 fully saturated rings. The lowest BCUT2D eigenvalue weighted by molar-refractivity contribution is -0.169. The highest BCUT2D eigenvalue weighted by atomic mass is 16.7. The molecule has 0 N–H and O–H groups in total. The highest BCUT2D eigenvalue weighted by Crippen LogP contribution is 2.09. The van der Waals surface area contributed by atoms with E-state index in [1.807, 2.05) is 0 Å². The molecular formula is C10H21NO. The fourth-order valence-corrected chi connectivity index (χ4v) is 1.54. The molecule has 1 aliphatic heterocycles. The Morgan fingerprint density at radius 1 is 1.08 bits per heavy atom. The van der Waals surface area contributed by atoms with Gasteiger partial charge in [-0.05, 0) is 19.3 Å². The SMILES string of the molecule is CCCCCON1CCCCC1. The minimum absolute atomic E-state index is 0.924. The Balaban J connectivity index is 1.91. The minimum atomic E-state index is 0.924. The Morgan fingerprint density at radius 2 is 1.83 bits per heavy atom. The van der Waals surface area contributed by atoms with E-state index < -0.39 is 0 Å². The molecule has 1 rings (SSSR count). The van der Waals surface area contributed by atoms with Crippen molar-refractivity contribution in [1.29, 1.82) is 0 Å². The van der Waals surface area contributed by atoms with Gasteiger partial charge in [0.2, 0.25) is 0 Å². The van der Waals surface area contributed by atoms with Gasteiger partial charge in [0.25, 0.3) is 0 Å². The van der Waals surface area contributed by atoms with Gasteiger partial charge in [-0.1, -0.05) is 26.2 Å². The van der Waals surface area contributed by atoms with Crippen molar-refractivity contribution in [1.82, 2.24) is 5.06 Å². The largest absolute Gasteiger partial charge is 0.299 e. The van der Waals surface area contributed by atoms with Crippen LogP contribution in [0.15, 0.2) is 0 Å². The summed E-state index contributed by atoms with van der Waals surface area (Å²) in [7, 11) is 0. The first-order chi connectivity index (χ1) is 5.93. The minimum Gasteiger partial charge on any atom is -0.299 e. The van der Waals surface area contributed by atoms with E-state index in [1.165, 1.54) is 38.5 Å². The first kappa shape index (κ1) is 10.0. The van der Waals surface area contributed by atoms with Gasteiger partial charge in [-0.3, -0.25) is 4.84 Å². The molecule has 0 radical (unpaired) electrons. The van der Waals surface area contributed by atoms with Gasteiger partial charge >= 0.3 is 0 Å². The van der Waals surface area contributed by atoms with Crippen LogP contribution >= 0.6 is 0 Å². The summed E-state index contributed by atoms with van der Waals surface area (Å²) in [6.07, 6.45) is 7.81. The molecule has 1 aliphatic rings. The zero-order valence-corrected chi connectivity index (χ0v) is 8.22. The van der Waals surface area contributed by atoms with Crippen LogP contribution in [0.3, 0.4) is 0 Å². The Morgan fingerprint density at radius 3 is 2.50 bits per heavy atom. The van der Waals surface area contributed by atoms with E-state index in [4.69, 9.17) is 4.84 Å². The van der Waals surface area contributed by atoms with Crippen molar-refractivity contribution in [3.8, 4) is 0 Å². The first-order valence-corrected chi connectivity index (χ1v) is 5.31. The lowest BCUT2D eigenvalue weighted by Crippen LogP contribution is -2.30. The number of hydroxylamine groups is 2. The van der Waals surface area contributed by atoms with Crippen LogP contribution in [0.25, 0.3) is 0 Å². The fourth-order valence-electron chi connectivity index (χ4n) is 1.54. The Kier molecular flexibility index (Phi) is 5.37. The molecule has 0 atom stereocenters. The predicted octanol–water partition coefficient (Wildman–Crippen LogP) is 2.59.